The first-order chi connectivity index (χ1) is 7.00. The molecule has 0 heterocycles. The van der Waals surface area contributed by atoms with Crippen LogP contribution in [0.5, 0.6) is 0 Å². The minimum Gasteiger partial charge on any atom is -0.393 e. The maximum atomic E-state index is 9.43. The Bertz CT molecular complexity index is 285. The highest BCUT2D eigenvalue weighted by Gasteiger charge is 2.09. The molecule has 1 aromatic carbocycles. The van der Waals surface area contributed by atoms with Crippen molar-refractivity contribution >= 4 is 0 Å². The molecule has 0 aliphatic heterocycles. The average molecular weight is 206 g/mol. The van der Waals surface area contributed by atoms with Gasteiger partial charge in [0.2, 0.25) is 0 Å². The lowest BCUT2D eigenvalue weighted by atomic mass is 9.94. The quantitative estimate of drug-likeness (QED) is 0.800. The Labute approximate surface area is 93.1 Å². The summed E-state index contributed by atoms with van der Waals surface area (Å²) in [6.07, 6.45) is 0.727. The van der Waals surface area contributed by atoms with E-state index in [2.05, 4.69) is 45.0 Å². The summed E-state index contributed by atoms with van der Waals surface area (Å²) in [4.78, 5) is 0. The van der Waals surface area contributed by atoms with E-state index in [0.717, 1.165) is 6.42 Å². The SMILES string of the molecule is CC(C)c1ccc(CC(C)C(C)O)cc1. The Morgan fingerprint density at radius 3 is 1.93 bits per heavy atom. The highest BCUT2D eigenvalue weighted by atomic mass is 16.3. The molecule has 0 bridgehead atoms. The van der Waals surface area contributed by atoms with Crippen LogP contribution < -0.4 is 0 Å². The Balaban J connectivity index is 2.64. The van der Waals surface area contributed by atoms with Gasteiger partial charge in [-0.3, -0.25) is 0 Å². The lowest BCUT2D eigenvalue weighted by molar-refractivity contribution is 0.135. The first kappa shape index (κ1) is 12.3. The summed E-state index contributed by atoms with van der Waals surface area (Å²) in [6, 6.07) is 8.73. The molecular formula is C14H22O. The van der Waals surface area contributed by atoms with E-state index in [1.165, 1.54) is 11.1 Å². The van der Waals surface area contributed by atoms with Crippen molar-refractivity contribution in [3.8, 4) is 0 Å². The van der Waals surface area contributed by atoms with Crippen LogP contribution in [0.25, 0.3) is 0 Å². The van der Waals surface area contributed by atoms with Crippen LogP contribution in [0.2, 0.25) is 0 Å². The van der Waals surface area contributed by atoms with Crippen LogP contribution in [0.3, 0.4) is 0 Å². The van der Waals surface area contributed by atoms with E-state index in [1.807, 2.05) is 6.92 Å². The van der Waals surface area contributed by atoms with Gasteiger partial charge in [0.25, 0.3) is 0 Å². The molecule has 0 amide bonds. The molecule has 0 saturated heterocycles. The Kier molecular flexibility index (Phi) is 4.34. The Hall–Kier alpha value is -0.820. The van der Waals surface area contributed by atoms with Gasteiger partial charge in [-0.1, -0.05) is 45.0 Å². The van der Waals surface area contributed by atoms with E-state index < -0.39 is 0 Å². The van der Waals surface area contributed by atoms with Gasteiger partial charge in [-0.2, -0.15) is 0 Å². The Morgan fingerprint density at radius 1 is 1.00 bits per heavy atom. The van der Waals surface area contributed by atoms with Crippen molar-refractivity contribution in [2.45, 2.75) is 46.1 Å². The van der Waals surface area contributed by atoms with Crippen LogP contribution in [0.1, 0.15) is 44.7 Å². The molecule has 0 aromatic heterocycles. The van der Waals surface area contributed by atoms with Gasteiger partial charge in [0, 0.05) is 0 Å². The van der Waals surface area contributed by atoms with Gasteiger partial charge in [0.1, 0.15) is 0 Å². The van der Waals surface area contributed by atoms with E-state index in [4.69, 9.17) is 0 Å². The van der Waals surface area contributed by atoms with Gasteiger partial charge < -0.3 is 5.11 Å². The number of benzene rings is 1. The molecule has 1 nitrogen and oxygen atoms in total. The van der Waals surface area contributed by atoms with Gasteiger partial charge in [0.15, 0.2) is 0 Å². The second kappa shape index (κ2) is 5.32. The standard InChI is InChI=1S/C14H22O/c1-10(2)14-7-5-13(6-8-14)9-11(3)12(4)15/h5-8,10-12,15H,9H2,1-4H3. The lowest BCUT2D eigenvalue weighted by Crippen LogP contribution is -2.15. The molecule has 15 heavy (non-hydrogen) atoms. The molecule has 0 aliphatic carbocycles. The summed E-state index contributed by atoms with van der Waals surface area (Å²) in [7, 11) is 0. The molecule has 84 valence electrons. The molecule has 0 saturated carbocycles. The number of aliphatic hydroxyl groups is 1. The molecule has 0 radical (unpaired) electrons. The third-order valence-corrected chi connectivity index (χ3v) is 3.03. The monoisotopic (exact) mass is 206 g/mol. The molecule has 0 spiro atoms. The van der Waals surface area contributed by atoms with Crippen LogP contribution in [0, 0.1) is 5.92 Å². The largest absolute Gasteiger partial charge is 0.393 e. The number of hydrogen-bond donors (Lipinski definition) is 1. The second-order valence-electron chi connectivity index (χ2n) is 4.82. The maximum Gasteiger partial charge on any atom is 0.0540 e. The van der Waals surface area contributed by atoms with Crippen LogP contribution in [0.4, 0.5) is 0 Å². The van der Waals surface area contributed by atoms with Crippen molar-refractivity contribution in [1.82, 2.24) is 0 Å². The molecule has 1 heteroatoms. The molecule has 0 fully saturated rings. The van der Waals surface area contributed by atoms with Crippen molar-refractivity contribution in [2.75, 3.05) is 0 Å². The zero-order chi connectivity index (χ0) is 11.4. The molecule has 1 N–H and O–H groups in total. The number of hydrogen-bond acceptors (Lipinski definition) is 1. The molecule has 0 aliphatic rings. The third-order valence-electron chi connectivity index (χ3n) is 3.03. The highest BCUT2D eigenvalue weighted by Crippen LogP contribution is 2.17. The molecular weight excluding hydrogens is 184 g/mol. The third kappa shape index (κ3) is 3.67. The zero-order valence-electron chi connectivity index (χ0n) is 10.2. The predicted octanol–water partition coefficient (Wildman–Crippen LogP) is 3.37. The summed E-state index contributed by atoms with van der Waals surface area (Å²) in [5, 5.41) is 9.43. The zero-order valence-corrected chi connectivity index (χ0v) is 10.2. The van der Waals surface area contributed by atoms with Gasteiger partial charge in [-0.05, 0) is 36.3 Å². The first-order valence-electron chi connectivity index (χ1n) is 5.77. The van der Waals surface area contributed by atoms with Crippen LogP contribution in [0.15, 0.2) is 24.3 Å². The minimum atomic E-state index is -0.227. The smallest absolute Gasteiger partial charge is 0.0540 e. The summed E-state index contributed by atoms with van der Waals surface area (Å²) in [6.45, 7) is 8.34. The summed E-state index contributed by atoms with van der Waals surface area (Å²) in [5.74, 6) is 0.920. The van der Waals surface area contributed by atoms with E-state index in [9.17, 15) is 5.11 Å². The highest BCUT2D eigenvalue weighted by molar-refractivity contribution is 5.24. The van der Waals surface area contributed by atoms with Crippen molar-refractivity contribution in [3.05, 3.63) is 35.4 Å². The Morgan fingerprint density at radius 2 is 1.53 bits per heavy atom. The normalized spacial score (nSPS) is 15.3. The fourth-order valence-electron chi connectivity index (χ4n) is 1.58. The lowest BCUT2D eigenvalue weighted by Gasteiger charge is -2.15. The number of rotatable bonds is 4. The van der Waals surface area contributed by atoms with E-state index in [-0.39, 0.29) is 6.10 Å². The van der Waals surface area contributed by atoms with Crippen LogP contribution in [-0.4, -0.2) is 11.2 Å². The molecule has 1 aromatic rings. The first-order valence-corrected chi connectivity index (χ1v) is 5.77. The van der Waals surface area contributed by atoms with Crippen LogP contribution >= 0.6 is 0 Å². The minimum absolute atomic E-state index is 0.227. The van der Waals surface area contributed by atoms with Gasteiger partial charge in [-0.25, -0.2) is 0 Å². The van der Waals surface area contributed by atoms with E-state index in [0.29, 0.717) is 11.8 Å². The van der Waals surface area contributed by atoms with Gasteiger partial charge >= 0.3 is 0 Å². The second-order valence-corrected chi connectivity index (χ2v) is 4.82. The fraction of sp³-hybridized carbons (Fsp3) is 0.571. The van der Waals surface area contributed by atoms with E-state index in [1.54, 1.807) is 0 Å². The average Bonchev–Trinajstić information content (AvgIpc) is 2.18. The van der Waals surface area contributed by atoms with Crippen molar-refractivity contribution in [2.24, 2.45) is 5.92 Å². The van der Waals surface area contributed by atoms with E-state index >= 15 is 0 Å². The van der Waals surface area contributed by atoms with Crippen molar-refractivity contribution < 1.29 is 5.11 Å². The van der Waals surface area contributed by atoms with Gasteiger partial charge in [0.05, 0.1) is 6.10 Å². The topological polar surface area (TPSA) is 20.2 Å². The molecule has 2 unspecified atom stereocenters. The maximum absolute atomic E-state index is 9.43. The van der Waals surface area contributed by atoms with Gasteiger partial charge in [-0.15, -0.1) is 0 Å². The van der Waals surface area contributed by atoms with Crippen LogP contribution in [-0.2, 0) is 6.42 Å². The molecule has 1 rings (SSSR count). The van der Waals surface area contributed by atoms with Crippen molar-refractivity contribution in [3.63, 3.8) is 0 Å². The fourth-order valence-corrected chi connectivity index (χ4v) is 1.58. The summed E-state index contributed by atoms with van der Waals surface area (Å²) >= 11 is 0. The predicted molar refractivity (Wildman–Crippen MR) is 65.1 cm³/mol. The summed E-state index contributed by atoms with van der Waals surface area (Å²) in [5.41, 5.74) is 2.69. The summed E-state index contributed by atoms with van der Waals surface area (Å²) < 4.78 is 0. The number of aliphatic hydroxyl groups excluding tert-OH is 1. The molecule has 2 atom stereocenters. The van der Waals surface area contributed by atoms with Crippen molar-refractivity contribution in [1.29, 1.82) is 0 Å².